The summed E-state index contributed by atoms with van der Waals surface area (Å²) in [5.74, 6) is 1.02. The van der Waals surface area contributed by atoms with Gasteiger partial charge in [-0.1, -0.05) is 0 Å². The Kier molecular flexibility index (Phi) is 6.40. The lowest BCUT2D eigenvalue weighted by molar-refractivity contribution is -0.137. The maximum atomic E-state index is 13.1. The second-order valence-electron chi connectivity index (χ2n) is 9.20. The summed E-state index contributed by atoms with van der Waals surface area (Å²) >= 11 is 0. The number of rotatable bonds is 5. The molecule has 8 nitrogen and oxygen atoms in total. The Labute approximate surface area is 210 Å². The van der Waals surface area contributed by atoms with Gasteiger partial charge in [0.1, 0.15) is 6.54 Å². The predicted octanol–water partition coefficient (Wildman–Crippen LogP) is 4.25. The van der Waals surface area contributed by atoms with E-state index in [2.05, 4.69) is 14.9 Å². The van der Waals surface area contributed by atoms with Gasteiger partial charge in [-0.3, -0.25) is 4.79 Å². The van der Waals surface area contributed by atoms with Crippen LogP contribution < -0.4 is 4.90 Å². The van der Waals surface area contributed by atoms with Crippen LogP contribution in [0, 0.1) is 6.92 Å². The molecule has 0 radical (unpaired) electrons. The monoisotopic (exact) mass is 513 g/mol. The lowest BCUT2D eigenvalue weighted by Gasteiger charge is -2.41. The van der Waals surface area contributed by atoms with Crippen molar-refractivity contribution in [2.45, 2.75) is 39.2 Å². The van der Waals surface area contributed by atoms with Crippen molar-refractivity contribution in [1.29, 1.82) is 0 Å². The van der Waals surface area contributed by atoms with Gasteiger partial charge in [0, 0.05) is 43.9 Å². The molecule has 1 amide bonds. The molecule has 0 bridgehead atoms. The Morgan fingerprint density at radius 3 is 2.65 bits per heavy atom. The molecule has 37 heavy (non-hydrogen) atoms. The number of piperazine rings is 1. The first-order chi connectivity index (χ1) is 17.6. The Morgan fingerprint density at radius 1 is 1.16 bits per heavy atom. The molecule has 1 saturated heterocycles. The van der Waals surface area contributed by atoms with Crippen molar-refractivity contribution >= 4 is 22.6 Å². The maximum Gasteiger partial charge on any atom is 0.416 e. The zero-order valence-corrected chi connectivity index (χ0v) is 20.4. The molecule has 0 saturated carbocycles. The summed E-state index contributed by atoms with van der Waals surface area (Å²) in [6, 6.07) is 9.03. The molecule has 4 aromatic rings. The van der Waals surface area contributed by atoms with Gasteiger partial charge >= 0.3 is 6.18 Å². The molecular formula is C26H26F3N5O3. The van der Waals surface area contributed by atoms with Crippen LogP contribution in [0.25, 0.3) is 22.4 Å². The number of hydrogen-bond donors (Lipinski definition) is 1. The fourth-order valence-corrected chi connectivity index (χ4v) is 4.80. The molecule has 2 aromatic carbocycles. The molecule has 0 unspecified atom stereocenters. The second kappa shape index (κ2) is 9.55. The fourth-order valence-electron chi connectivity index (χ4n) is 4.80. The van der Waals surface area contributed by atoms with Crippen molar-refractivity contribution in [2.75, 3.05) is 24.5 Å². The number of aliphatic hydroxyl groups is 1. The minimum atomic E-state index is -4.45. The zero-order valence-electron chi connectivity index (χ0n) is 20.4. The van der Waals surface area contributed by atoms with Gasteiger partial charge in [0.2, 0.25) is 5.91 Å². The number of oxazole rings is 1. The molecule has 3 heterocycles. The number of carbonyl (C=O) groups is 1. The van der Waals surface area contributed by atoms with Gasteiger partial charge in [-0.15, -0.1) is 0 Å². The van der Waals surface area contributed by atoms with Gasteiger partial charge in [0.15, 0.2) is 11.7 Å². The number of aryl methyl sites for hydroxylation is 1. The maximum absolute atomic E-state index is 13.1. The number of nitrogens with zero attached hydrogens (tertiary/aromatic N) is 5. The number of imidazole rings is 1. The van der Waals surface area contributed by atoms with E-state index in [1.807, 2.05) is 25.1 Å². The molecule has 1 atom stereocenters. The normalized spacial score (nSPS) is 16.5. The van der Waals surface area contributed by atoms with Crippen LogP contribution in [0.3, 0.4) is 0 Å². The molecule has 1 aliphatic rings. The second-order valence-corrected chi connectivity index (χ2v) is 9.20. The first-order valence-corrected chi connectivity index (χ1v) is 11.9. The highest BCUT2D eigenvalue weighted by molar-refractivity contribution is 5.81. The number of aliphatic hydroxyl groups excluding tert-OH is 1. The first kappa shape index (κ1) is 24.8. The quantitative estimate of drug-likeness (QED) is 0.430. The fraction of sp³-hybridized carbons (Fsp3) is 0.346. The van der Waals surface area contributed by atoms with Crippen molar-refractivity contribution in [3.8, 4) is 11.3 Å². The molecular weight excluding hydrogens is 487 g/mol. The van der Waals surface area contributed by atoms with E-state index in [0.29, 0.717) is 36.8 Å². The number of anilines is 1. The van der Waals surface area contributed by atoms with Crippen LogP contribution in [-0.4, -0.2) is 56.1 Å². The molecule has 0 spiro atoms. The summed E-state index contributed by atoms with van der Waals surface area (Å²) in [6.45, 7) is 5.25. The zero-order chi connectivity index (χ0) is 26.3. The van der Waals surface area contributed by atoms with Crippen molar-refractivity contribution in [3.63, 3.8) is 0 Å². The number of halogens is 3. The Balaban J connectivity index is 1.27. The molecule has 11 heteroatoms. The van der Waals surface area contributed by atoms with Gasteiger partial charge in [-0.05, 0) is 48.9 Å². The van der Waals surface area contributed by atoms with E-state index >= 15 is 0 Å². The van der Waals surface area contributed by atoms with E-state index in [9.17, 15) is 23.1 Å². The average molecular weight is 514 g/mol. The summed E-state index contributed by atoms with van der Waals surface area (Å²) in [5.41, 5.74) is 2.35. The molecule has 1 fully saturated rings. The van der Waals surface area contributed by atoms with E-state index in [1.54, 1.807) is 22.6 Å². The number of fused-ring (bicyclic) bond motifs is 1. The number of benzene rings is 2. The highest BCUT2D eigenvalue weighted by Crippen LogP contribution is 2.32. The molecule has 0 aliphatic carbocycles. The molecule has 1 N–H and O–H groups in total. The SMILES string of the molecule is Cc1ncc(-c2ccc(N3CCN(C(=O)Cn4cnc5cc(C(F)(F)F)ccc54)[C@H](C)C3)cc2CO)o1. The number of aromatic nitrogens is 3. The summed E-state index contributed by atoms with van der Waals surface area (Å²) in [6.07, 6.45) is -1.41. The molecule has 194 valence electrons. The minimum Gasteiger partial charge on any atom is -0.441 e. The van der Waals surface area contributed by atoms with Crippen molar-refractivity contribution in [3.05, 3.63) is 65.9 Å². The van der Waals surface area contributed by atoms with Crippen LogP contribution in [0.2, 0.25) is 0 Å². The Morgan fingerprint density at radius 2 is 1.97 bits per heavy atom. The van der Waals surface area contributed by atoms with Crippen molar-refractivity contribution in [2.24, 2.45) is 0 Å². The number of hydrogen-bond acceptors (Lipinski definition) is 6. The largest absolute Gasteiger partial charge is 0.441 e. The van der Waals surface area contributed by atoms with Crippen LogP contribution >= 0.6 is 0 Å². The summed E-state index contributed by atoms with van der Waals surface area (Å²) < 4.78 is 46.2. The predicted molar refractivity (Wildman–Crippen MR) is 131 cm³/mol. The van der Waals surface area contributed by atoms with Gasteiger partial charge in [-0.25, -0.2) is 9.97 Å². The van der Waals surface area contributed by atoms with Crippen LogP contribution in [-0.2, 0) is 24.1 Å². The van der Waals surface area contributed by atoms with E-state index in [4.69, 9.17) is 4.42 Å². The molecule has 2 aromatic heterocycles. The van der Waals surface area contributed by atoms with Gasteiger partial charge in [-0.2, -0.15) is 13.2 Å². The average Bonchev–Trinajstić information content (AvgIpc) is 3.48. The third-order valence-corrected chi connectivity index (χ3v) is 6.71. The third-order valence-electron chi connectivity index (χ3n) is 6.71. The van der Waals surface area contributed by atoms with Crippen LogP contribution in [0.5, 0.6) is 0 Å². The van der Waals surface area contributed by atoms with Gasteiger partial charge < -0.3 is 23.9 Å². The van der Waals surface area contributed by atoms with E-state index in [0.717, 1.165) is 28.9 Å². The Bertz CT molecular complexity index is 1450. The standard InChI is InChI=1S/C26H26F3N5O3/c1-16-12-32(20-4-5-21(18(9-20)14-35)24-11-30-17(2)37-24)7-8-34(16)25(36)13-33-15-31-22-10-19(26(27,28)29)3-6-23(22)33/h3-6,9-11,15-16,35H,7-8,12-14H2,1-2H3/t16-/m1/s1. The number of alkyl halides is 3. The lowest BCUT2D eigenvalue weighted by Crippen LogP contribution is -2.54. The van der Waals surface area contributed by atoms with Crippen LogP contribution in [0.1, 0.15) is 23.9 Å². The third kappa shape index (κ3) is 4.91. The van der Waals surface area contributed by atoms with Crippen molar-refractivity contribution in [1.82, 2.24) is 19.4 Å². The minimum absolute atomic E-state index is 0.00778. The highest BCUT2D eigenvalue weighted by Gasteiger charge is 2.31. The lowest BCUT2D eigenvalue weighted by atomic mass is 10.0. The molecule has 1 aliphatic heterocycles. The van der Waals surface area contributed by atoms with E-state index < -0.39 is 11.7 Å². The highest BCUT2D eigenvalue weighted by atomic mass is 19.4. The summed E-state index contributed by atoms with van der Waals surface area (Å²) in [5, 5.41) is 9.93. The van der Waals surface area contributed by atoms with Gasteiger partial charge in [0.25, 0.3) is 0 Å². The van der Waals surface area contributed by atoms with E-state index in [1.165, 1.54) is 12.4 Å². The Hall–Kier alpha value is -3.86. The summed E-state index contributed by atoms with van der Waals surface area (Å²) in [4.78, 5) is 25.3. The van der Waals surface area contributed by atoms with Crippen LogP contribution in [0.15, 0.2) is 53.3 Å². The topological polar surface area (TPSA) is 87.6 Å². The van der Waals surface area contributed by atoms with Crippen LogP contribution in [0.4, 0.5) is 18.9 Å². The number of amides is 1. The van der Waals surface area contributed by atoms with Crippen molar-refractivity contribution < 1.29 is 27.5 Å². The first-order valence-electron chi connectivity index (χ1n) is 11.9. The smallest absolute Gasteiger partial charge is 0.416 e. The summed E-state index contributed by atoms with van der Waals surface area (Å²) in [7, 11) is 0. The number of carbonyl (C=O) groups excluding carboxylic acids is 1. The molecule has 5 rings (SSSR count). The van der Waals surface area contributed by atoms with E-state index in [-0.39, 0.29) is 30.6 Å². The van der Waals surface area contributed by atoms with Gasteiger partial charge in [0.05, 0.1) is 35.7 Å².